The molecular weight excluding hydrogens is 269 g/mol. The summed E-state index contributed by atoms with van der Waals surface area (Å²) in [7, 11) is 1.35. The predicted molar refractivity (Wildman–Crippen MR) is 80.5 cm³/mol. The number of halogens is 1. The number of carbonyl (C=O) groups excluding carboxylic acids is 1. The maximum Gasteiger partial charge on any atom is 0.327 e. The van der Waals surface area contributed by atoms with Gasteiger partial charge in [0.05, 0.1) is 7.11 Å². The number of nitrogens with one attached hydrogen (secondary N) is 1. The second-order valence-electron chi connectivity index (χ2n) is 5.84. The van der Waals surface area contributed by atoms with Gasteiger partial charge in [0, 0.05) is 11.6 Å². The first kappa shape index (κ1) is 16.0. The van der Waals surface area contributed by atoms with Gasteiger partial charge < -0.3 is 4.74 Å². The molecule has 0 spiro atoms. The molecule has 21 heavy (non-hydrogen) atoms. The van der Waals surface area contributed by atoms with Crippen molar-refractivity contribution in [3.8, 4) is 0 Å². The van der Waals surface area contributed by atoms with Gasteiger partial charge in [-0.2, -0.15) is 0 Å². The van der Waals surface area contributed by atoms with E-state index in [4.69, 9.17) is 4.74 Å². The van der Waals surface area contributed by atoms with Crippen LogP contribution in [0.5, 0.6) is 0 Å². The predicted octanol–water partition coefficient (Wildman–Crippen LogP) is 3.66. The summed E-state index contributed by atoms with van der Waals surface area (Å²) in [4.78, 5) is 12.1. The minimum Gasteiger partial charge on any atom is -0.468 e. The highest BCUT2D eigenvalue weighted by Gasteiger charge is 2.27. The molecule has 116 valence electrons. The molecule has 4 heteroatoms. The Hall–Kier alpha value is -1.42. The molecule has 1 aliphatic rings. The fourth-order valence-corrected chi connectivity index (χ4v) is 2.97. The Labute approximate surface area is 125 Å². The molecule has 1 aromatic carbocycles. The Morgan fingerprint density at radius 2 is 1.95 bits per heavy atom. The molecule has 0 heterocycles. The second kappa shape index (κ2) is 7.55. The second-order valence-corrected chi connectivity index (χ2v) is 5.84. The zero-order valence-corrected chi connectivity index (χ0v) is 12.8. The van der Waals surface area contributed by atoms with Gasteiger partial charge in [-0.3, -0.25) is 5.32 Å². The van der Waals surface area contributed by atoms with E-state index in [1.165, 1.54) is 26.0 Å². The van der Waals surface area contributed by atoms with Crippen molar-refractivity contribution < 1.29 is 13.9 Å². The number of rotatable bonds is 4. The largest absolute Gasteiger partial charge is 0.468 e. The Bertz CT molecular complexity index is 482. The highest BCUT2D eigenvalue weighted by Crippen LogP contribution is 2.24. The normalized spacial score (nSPS) is 18.0. The molecule has 0 radical (unpaired) electrons. The number of aryl methyl sites for hydroxylation is 1. The molecule has 1 aromatic rings. The highest BCUT2D eigenvalue weighted by molar-refractivity contribution is 5.77. The molecular formula is C17H24FNO2. The lowest BCUT2D eigenvalue weighted by molar-refractivity contribution is -0.143. The van der Waals surface area contributed by atoms with Crippen molar-refractivity contribution in [3.63, 3.8) is 0 Å². The summed E-state index contributed by atoms with van der Waals surface area (Å²) in [5.41, 5.74) is 1.31. The van der Waals surface area contributed by atoms with Gasteiger partial charge in [0.1, 0.15) is 11.9 Å². The molecule has 0 amide bonds. The van der Waals surface area contributed by atoms with Crippen molar-refractivity contribution in [3.05, 3.63) is 35.1 Å². The summed E-state index contributed by atoms with van der Waals surface area (Å²) in [6.07, 6.45) is 6.84. The van der Waals surface area contributed by atoms with E-state index in [0.717, 1.165) is 31.2 Å². The molecule has 1 atom stereocenters. The summed E-state index contributed by atoms with van der Waals surface area (Å²) in [6.45, 7) is 1.89. The van der Waals surface area contributed by atoms with Crippen molar-refractivity contribution in [2.75, 3.05) is 7.11 Å². The molecule has 2 rings (SSSR count). The van der Waals surface area contributed by atoms with Crippen LogP contribution in [0.4, 0.5) is 4.39 Å². The van der Waals surface area contributed by atoms with E-state index in [0.29, 0.717) is 5.56 Å². The van der Waals surface area contributed by atoms with Crippen molar-refractivity contribution in [2.45, 2.75) is 57.5 Å². The molecule has 1 unspecified atom stereocenters. The van der Waals surface area contributed by atoms with Crippen molar-refractivity contribution in [1.29, 1.82) is 0 Å². The van der Waals surface area contributed by atoms with Gasteiger partial charge >= 0.3 is 5.97 Å². The van der Waals surface area contributed by atoms with Crippen LogP contribution in [0.25, 0.3) is 0 Å². The minimum atomic E-state index is -0.724. The average Bonchev–Trinajstić information content (AvgIpc) is 2.75. The van der Waals surface area contributed by atoms with E-state index in [-0.39, 0.29) is 11.9 Å². The van der Waals surface area contributed by atoms with Crippen LogP contribution in [-0.2, 0) is 9.53 Å². The standard InChI is InChI=1S/C17H24FNO2/c1-12-9-10-15(18)14(11-12)16(17(20)21-2)19-13-7-5-3-4-6-8-13/h9-11,13,16,19H,3-8H2,1-2H3. The monoisotopic (exact) mass is 293 g/mol. The van der Waals surface area contributed by atoms with Crippen LogP contribution in [0.1, 0.15) is 55.7 Å². The first-order valence-electron chi connectivity index (χ1n) is 7.71. The number of carbonyl (C=O) groups is 1. The molecule has 0 aliphatic heterocycles. The van der Waals surface area contributed by atoms with Gasteiger partial charge in [-0.15, -0.1) is 0 Å². The number of hydrogen-bond acceptors (Lipinski definition) is 3. The van der Waals surface area contributed by atoms with Crippen molar-refractivity contribution in [1.82, 2.24) is 5.32 Å². The maximum atomic E-state index is 14.1. The highest BCUT2D eigenvalue weighted by atomic mass is 19.1. The Balaban J connectivity index is 2.21. The van der Waals surface area contributed by atoms with Crippen LogP contribution < -0.4 is 5.32 Å². The molecule has 0 saturated heterocycles. The summed E-state index contributed by atoms with van der Waals surface area (Å²) in [5.74, 6) is -0.791. The molecule has 1 N–H and O–H groups in total. The lowest BCUT2D eigenvalue weighted by Crippen LogP contribution is -2.38. The minimum absolute atomic E-state index is 0.247. The van der Waals surface area contributed by atoms with Crippen molar-refractivity contribution >= 4 is 5.97 Å². The Morgan fingerprint density at radius 1 is 1.29 bits per heavy atom. The van der Waals surface area contributed by atoms with Gasteiger partial charge in [0.25, 0.3) is 0 Å². The van der Waals surface area contributed by atoms with Gasteiger partial charge in [-0.05, 0) is 25.8 Å². The number of hydrogen-bond donors (Lipinski definition) is 1. The fraction of sp³-hybridized carbons (Fsp3) is 0.588. The van der Waals surface area contributed by atoms with Gasteiger partial charge in [0.15, 0.2) is 0 Å². The third-order valence-electron chi connectivity index (χ3n) is 4.16. The average molecular weight is 293 g/mol. The van der Waals surface area contributed by atoms with Crippen LogP contribution in [0.3, 0.4) is 0 Å². The zero-order valence-electron chi connectivity index (χ0n) is 12.8. The smallest absolute Gasteiger partial charge is 0.327 e. The van der Waals surface area contributed by atoms with E-state index in [1.54, 1.807) is 12.1 Å². The number of ether oxygens (including phenoxy) is 1. The summed E-state index contributed by atoms with van der Waals surface area (Å²) < 4.78 is 19.0. The SMILES string of the molecule is COC(=O)C(NC1CCCCCC1)c1cc(C)ccc1F. The number of methoxy groups -OCH3 is 1. The molecule has 0 bridgehead atoms. The lowest BCUT2D eigenvalue weighted by Gasteiger charge is -2.24. The Kier molecular flexibility index (Phi) is 5.74. The third-order valence-corrected chi connectivity index (χ3v) is 4.16. The quantitative estimate of drug-likeness (QED) is 0.680. The Morgan fingerprint density at radius 3 is 2.57 bits per heavy atom. The van der Waals surface area contributed by atoms with E-state index in [1.807, 2.05) is 6.92 Å². The molecule has 1 saturated carbocycles. The van der Waals surface area contributed by atoms with Crippen molar-refractivity contribution in [2.24, 2.45) is 0 Å². The van der Waals surface area contributed by atoms with Crippen LogP contribution in [0, 0.1) is 12.7 Å². The zero-order chi connectivity index (χ0) is 15.2. The van der Waals surface area contributed by atoms with E-state index in [2.05, 4.69) is 5.32 Å². The summed E-state index contributed by atoms with van der Waals surface area (Å²) >= 11 is 0. The van der Waals surface area contributed by atoms with Crippen LogP contribution in [0.2, 0.25) is 0 Å². The first-order chi connectivity index (χ1) is 10.1. The topological polar surface area (TPSA) is 38.3 Å². The van der Waals surface area contributed by atoms with Crippen LogP contribution in [-0.4, -0.2) is 19.1 Å². The van der Waals surface area contributed by atoms with Crippen LogP contribution >= 0.6 is 0 Å². The third kappa shape index (κ3) is 4.27. The molecule has 1 fully saturated rings. The van der Waals surface area contributed by atoms with E-state index in [9.17, 15) is 9.18 Å². The maximum absolute atomic E-state index is 14.1. The van der Waals surface area contributed by atoms with Gasteiger partial charge in [0.2, 0.25) is 0 Å². The summed E-state index contributed by atoms with van der Waals surface area (Å²) in [5, 5.41) is 3.32. The molecule has 3 nitrogen and oxygen atoms in total. The van der Waals surface area contributed by atoms with Crippen LogP contribution in [0.15, 0.2) is 18.2 Å². The van der Waals surface area contributed by atoms with Gasteiger partial charge in [-0.25, -0.2) is 9.18 Å². The first-order valence-corrected chi connectivity index (χ1v) is 7.71. The van der Waals surface area contributed by atoms with E-state index >= 15 is 0 Å². The fourth-order valence-electron chi connectivity index (χ4n) is 2.97. The number of esters is 1. The molecule has 1 aliphatic carbocycles. The van der Waals surface area contributed by atoms with E-state index < -0.39 is 12.0 Å². The molecule has 0 aromatic heterocycles. The summed E-state index contributed by atoms with van der Waals surface area (Å²) in [6, 6.07) is 4.36. The van der Waals surface area contributed by atoms with Gasteiger partial charge in [-0.1, -0.05) is 43.4 Å². The number of benzene rings is 1. The lowest BCUT2D eigenvalue weighted by atomic mass is 10.0.